The van der Waals surface area contributed by atoms with E-state index in [0.717, 1.165) is 12.1 Å². The summed E-state index contributed by atoms with van der Waals surface area (Å²) in [7, 11) is 0. The van der Waals surface area contributed by atoms with Crippen molar-refractivity contribution in [2.24, 2.45) is 5.41 Å². The van der Waals surface area contributed by atoms with Gasteiger partial charge in [0, 0.05) is 0 Å². The van der Waals surface area contributed by atoms with Gasteiger partial charge in [-0.05, 0) is 37.0 Å². The summed E-state index contributed by atoms with van der Waals surface area (Å²) >= 11 is 5.49. The fraction of sp³-hybridized carbons (Fsp3) is 0.417. The minimum absolute atomic E-state index is 0.114. The zero-order chi connectivity index (χ0) is 13.6. The Morgan fingerprint density at radius 2 is 2.00 bits per heavy atom. The molecule has 0 aliphatic heterocycles. The van der Waals surface area contributed by atoms with E-state index in [4.69, 9.17) is 16.7 Å². The van der Waals surface area contributed by atoms with Gasteiger partial charge in [0.1, 0.15) is 0 Å². The summed E-state index contributed by atoms with van der Waals surface area (Å²) in [5.41, 5.74) is -1.44. The molecule has 2 nitrogen and oxygen atoms in total. The standard InChI is InChI=1S/C12H10ClF3O2/c13-9-2-1-7(5-8(9)12(14,15)16)6-11(3-4-11)10(17)18/h1-2,5H,3-4,6H2,(H,17,18). The minimum atomic E-state index is -4.52. The summed E-state index contributed by atoms with van der Waals surface area (Å²) in [6.07, 6.45) is -3.39. The predicted molar refractivity (Wildman–Crippen MR) is 59.5 cm³/mol. The summed E-state index contributed by atoms with van der Waals surface area (Å²) in [5, 5.41) is 8.63. The number of hydrogen-bond acceptors (Lipinski definition) is 1. The van der Waals surface area contributed by atoms with Crippen molar-refractivity contribution >= 4 is 17.6 Å². The van der Waals surface area contributed by atoms with Gasteiger partial charge < -0.3 is 5.11 Å². The number of hydrogen-bond donors (Lipinski definition) is 1. The lowest BCUT2D eigenvalue weighted by Gasteiger charge is -2.13. The molecule has 0 spiro atoms. The van der Waals surface area contributed by atoms with Gasteiger partial charge in [0.05, 0.1) is 16.0 Å². The summed E-state index contributed by atoms with van der Waals surface area (Å²) in [6, 6.07) is 3.55. The molecule has 1 aromatic carbocycles. The number of rotatable bonds is 3. The quantitative estimate of drug-likeness (QED) is 0.914. The van der Waals surface area contributed by atoms with Gasteiger partial charge in [0.25, 0.3) is 0 Å². The van der Waals surface area contributed by atoms with Crippen LogP contribution in [-0.2, 0) is 17.4 Å². The zero-order valence-electron chi connectivity index (χ0n) is 9.22. The van der Waals surface area contributed by atoms with Gasteiger partial charge in [-0.15, -0.1) is 0 Å². The SMILES string of the molecule is O=C(O)C1(Cc2ccc(Cl)c(C(F)(F)F)c2)CC1. The lowest BCUT2D eigenvalue weighted by Crippen LogP contribution is -2.18. The van der Waals surface area contributed by atoms with E-state index in [-0.39, 0.29) is 11.4 Å². The Balaban J connectivity index is 2.28. The highest BCUT2D eigenvalue weighted by Crippen LogP contribution is 2.49. The molecule has 0 heterocycles. The molecule has 1 N–H and O–H groups in total. The molecule has 1 saturated carbocycles. The number of aliphatic carboxylic acids is 1. The van der Waals surface area contributed by atoms with Gasteiger partial charge in [0.2, 0.25) is 0 Å². The number of halogens is 4. The van der Waals surface area contributed by atoms with Crippen LogP contribution in [0.3, 0.4) is 0 Å². The fourth-order valence-electron chi connectivity index (χ4n) is 1.91. The first-order valence-electron chi connectivity index (χ1n) is 5.34. The molecule has 1 fully saturated rings. The number of alkyl halides is 3. The van der Waals surface area contributed by atoms with Crippen LogP contribution in [0.2, 0.25) is 5.02 Å². The van der Waals surface area contributed by atoms with E-state index in [9.17, 15) is 18.0 Å². The zero-order valence-corrected chi connectivity index (χ0v) is 9.98. The third-order valence-electron chi connectivity index (χ3n) is 3.19. The van der Waals surface area contributed by atoms with Crippen LogP contribution in [0.1, 0.15) is 24.0 Å². The lowest BCUT2D eigenvalue weighted by atomic mass is 9.95. The van der Waals surface area contributed by atoms with Gasteiger partial charge in [-0.1, -0.05) is 17.7 Å². The molecule has 0 amide bonds. The third kappa shape index (κ3) is 2.46. The van der Waals surface area contributed by atoms with Crippen LogP contribution in [0.25, 0.3) is 0 Å². The van der Waals surface area contributed by atoms with Crippen LogP contribution in [0.15, 0.2) is 18.2 Å². The molecule has 0 saturated heterocycles. The molecule has 2 rings (SSSR count). The molecule has 98 valence electrons. The van der Waals surface area contributed by atoms with Crippen molar-refractivity contribution in [3.05, 3.63) is 34.3 Å². The normalized spacial score (nSPS) is 17.6. The first-order chi connectivity index (χ1) is 8.24. The lowest BCUT2D eigenvalue weighted by molar-refractivity contribution is -0.143. The Kier molecular flexibility index (Phi) is 3.05. The van der Waals surface area contributed by atoms with E-state index in [1.54, 1.807) is 0 Å². The molecule has 0 bridgehead atoms. The van der Waals surface area contributed by atoms with Crippen molar-refractivity contribution in [3.63, 3.8) is 0 Å². The van der Waals surface area contributed by atoms with Crippen molar-refractivity contribution in [2.45, 2.75) is 25.4 Å². The second kappa shape index (κ2) is 4.16. The molecule has 0 aromatic heterocycles. The second-order valence-corrected chi connectivity index (χ2v) is 4.98. The topological polar surface area (TPSA) is 37.3 Å². The highest BCUT2D eigenvalue weighted by molar-refractivity contribution is 6.31. The van der Waals surface area contributed by atoms with E-state index in [0.29, 0.717) is 18.4 Å². The summed E-state index contributed by atoms with van der Waals surface area (Å²) < 4.78 is 37.9. The highest BCUT2D eigenvalue weighted by atomic mass is 35.5. The minimum Gasteiger partial charge on any atom is -0.481 e. The molecule has 0 unspecified atom stereocenters. The van der Waals surface area contributed by atoms with Crippen LogP contribution in [0.4, 0.5) is 13.2 Å². The number of benzene rings is 1. The summed E-state index contributed by atoms with van der Waals surface area (Å²) in [4.78, 5) is 11.0. The monoisotopic (exact) mass is 278 g/mol. The van der Waals surface area contributed by atoms with Crippen molar-refractivity contribution in [2.75, 3.05) is 0 Å². The molecule has 1 aliphatic carbocycles. The van der Waals surface area contributed by atoms with E-state index in [2.05, 4.69) is 0 Å². The van der Waals surface area contributed by atoms with E-state index in [1.165, 1.54) is 6.07 Å². The van der Waals surface area contributed by atoms with Gasteiger partial charge in [-0.25, -0.2) is 0 Å². The Bertz CT molecular complexity index is 493. The van der Waals surface area contributed by atoms with Crippen molar-refractivity contribution in [3.8, 4) is 0 Å². The average Bonchev–Trinajstić information content (AvgIpc) is 3.00. The first-order valence-corrected chi connectivity index (χ1v) is 5.71. The number of carboxylic acid groups (broad SMARTS) is 1. The number of carbonyl (C=O) groups is 1. The van der Waals surface area contributed by atoms with Crippen LogP contribution in [-0.4, -0.2) is 11.1 Å². The van der Waals surface area contributed by atoms with Crippen LogP contribution in [0, 0.1) is 5.41 Å². The fourth-order valence-corrected chi connectivity index (χ4v) is 2.13. The molecule has 18 heavy (non-hydrogen) atoms. The Morgan fingerprint density at radius 1 is 1.39 bits per heavy atom. The average molecular weight is 279 g/mol. The van der Waals surface area contributed by atoms with Gasteiger partial charge >= 0.3 is 12.1 Å². The molecule has 6 heteroatoms. The van der Waals surface area contributed by atoms with Gasteiger partial charge in [-0.2, -0.15) is 13.2 Å². The molecule has 0 radical (unpaired) electrons. The predicted octanol–water partition coefficient (Wildman–Crippen LogP) is 3.77. The smallest absolute Gasteiger partial charge is 0.417 e. The maximum absolute atomic E-state index is 12.6. The van der Waals surface area contributed by atoms with E-state index >= 15 is 0 Å². The number of carboxylic acids is 1. The van der Waals surface area contributed by atoms with Crippen molar-refractivity contribution in [1.82, 2.24) is 0 Å². The van der Waals surface area contributed by atoms with Crippen molar-refractivity contribution in [1.29, 1.82) is 0 Å². The summed E-state index contributed by atoms with van der Waals surface area (Å²) in [5.74, 6) is -0.953. The van der Waals surface area contributed by atoms with E-state index in [1.807, 2.05) is 0 Å². The highest BCUT2D eigenvalue weighted by Gasteiger charge is 2.50. The largest absolute Gasteiger partial charge is 0.481 e. The molecule has 1 aromatic rings. The first kappa shape index (κ1) is 13.2. The second-order valence-electron chi connectivity index (χ2n) is 4.57. The van der Waals surface area contributed by atoms with Gasteiger partial charge in [0.15, 0.2) is 0 Å². The third-order valence-corrected chi connectivity index (χ3v) is 3.52. The van der Waals surface area contributed by atoms with Crippen LogP contribution < -0.4 is 0 Å². The molecular formula is C12H10ClF3O2. The maximum Gasteiger partial charge on any atom is 0.417 e. The van der Waals surface area contributed by atoms with Crippen molar-refractivity contribution < 1.29 is 23.1 Å². The Labute approximate surface area is 106 Å². The van der Waals surface area contributed by atoms with Crippen LogP contribution in [0.5, 0.6) is 0 Å². The molecule has 0 atom stereocenters. The maximum atomic E-state index is 12.6. The van der Waals surface area contributed by atoms with E-state index < -0.39 is 23.1 Å². The molecule has 1 aliphatic rings. The Morgan fingerprint density at radius 3 is 2.44 bits per heavy atom. The van der Waals surface area contributed by atoms with Gasteiger partial charge in [-0.3, -0.25) is 4.79 Å². The molecular weight excluding hydrogens is 269 g/mol. The van der Waals surface area contributed by atoms with Crippen LogP contribution >= 0.6 is 11.6 Å². The summed E-state index contributed by atoms with van der Waals surface area (Å²) in [6.45, 7) is 0. The Hall–Kier alpha value is -1.23.